The first kappa shape index (κ1) is 19.1. The zero-order valence-corrected chi connectivity index (χ0v) is 16.7. The zero-order chi connectivity index (χ0) is 19.1. The molecular formula is C19H22ClFN2O2S. The normalized spacial score (nSPS) is 16.1. The number of aryl methyl sites for hydroxylation is 3. The van der Waals surface area contributed by atoms with Crippen molar-refractivity contribution in [2.45, 2.75) is 25.7 Å². The Morgan fingerprint density at radius 3 is 2.19 bits per heavy atom. The third-order valence-electron chi connectivity index (χ3n) is 4.72. The molecule has 0 N–H and O–H groups in total. The number of anilines is 1. The standard InChI is InChI=1S/C19H22ClFN2O2S/c1-13-10-15(3)19(17(20)11-13)22-6-8-23(9-7-22)26(24,25)16-4-5-18(21)14(2)12-16/h4-5,10-12H,6-9H2,1-3H3. The van der Waals surface area contributed by atoms with Crippen molar-refractivity contribution in [2.24, 2.45) is 0 Å². The summed E-state index contributed by atoms with van der Waals surface area (Å²) in [7, 11) is -3.63. The number of hydrogen-bond donors (Lipinski definition) is 0. The average Bonchev–Trinajstić information content (AvgIpc) is 2.57. The molecule has 0 amide bonds. The second-order valence-corrected chi connectivity index (χ2v) is 9.06. The highest BCUT2D eigenvalue weighted by atomic mass is 35.5. The SMILES string of the molecule is Cc1cc(C)c(N2CCN(S(=O)(=O)c3ccc(F)c(C)c3)CC2)c(Cl)c1. The molecule has 7 heteroatoms. The molecule has 26 heavy (non-hydrogen) atoms. The molecular weight excluding hydrogens is 375 g/mol. The fourth-order valence-electron chi connectivity index (χ4n) is 3.39. The second kappa shape index (κ2) is 7.18. The first-order valence-corrected chi connectivity index (χ1v) is 10.3. The maximum absolute atomic E-state index is 13.4. The van der Waals surface area contributed by atoms with Gasteiger partial charge in [-0.3, -0.25) is 0 Å². The Bertz CT molecular complexity index is 916. The topological polar surface area (TPSA) is 40.6 Å². The smallest absolute Gasteiger partial charge is 0.243 e. The summed E-state index contributed by atoms with van der Waals surface area (Å²) in [6.45, 7) is 7.42. The Balaban J connectivity index is 1.79. The van der Waals surface area contributed by atoms with Gasteiger partial charge in [0.2, 0.25) is 10.0 Å². The largest absolute Gasteiger partial charge is 0.367 e. The molecule has 2 aromatic rings. The summed E-state index contributed by atoms with van der Waals surface area (Å²) in [5.74, 6) is -0.404. The average molecular weight is 397 g/mol. The molecule has 2 aromatic carbocycles. The van der Waals surface area contributed by atoms with Crippen molar-refractivity contribution in [1.29, 1.82) is 0 Å². The number of piperazine rings is 1. The van der Waals surface area contributed by atoms with E-state index in [1.807, 2.05) is 19.9 Å². The van der Waals surface area contributed by atoms with E-state index in [-0.39, 0.29) is 4.90 Å². The predicted octanol–water partition coefficient (Wildman–Crippen LogP) is 3.92. The molecule has 3 rings (SSSR count). The Morgan fingerprint density at radius 1 is 0.962 bits per heavy atom. The van der Waals surface area contributed by atoms with Gasteiger partial charge < -0.3 is 4.90 Å². The van der Waals surface area contributed by atoms with E-state index in [0.717, 1.165) is 16.8 Å². The van der Waals surface area contributed by atoms with Crippen LogP contribution in [0.15, 0.2) is 35.2 Å². The van der Waals surface area contributed by atoms with E-state index >= 15 is 0 Å². The van der Waals surface area contributed by atoms with Crippen molar-refractivity contribution < 1.29 is 12.8 Å². The first-order valence-electron chi connectivity index (χ1n) is 8.48. The highest BCUT2D eigenvalue weighted by Crippen LogP contribution is 2.32. The highest BCUT2D eigenvalue weighted by Gasteiger charge is 2.30. The summed E-state index contributed by atoms with van der Waals surface area (Å²) in [5.41, 5.74) is 3.48. The number of halogens is 2. The Labute approximate surface area is 159 Å². The molecule has 1 aliphatic heterocycles. The van der Waals surface area contributed by atoms with Gasteiger partial charge in [-0.2, -0.15) is 4.31 Å². The van der Waals surface area contributed by atoms with Gasteiger partial charge in [0.1, 0.15) is 5.82 Å². The van der Waals surface area contributed by atoms with Gasteiger partial charge in [0, 0.05) is 26.2 Å². The molecule has 0 bridgehead atoms. The fourth-order valence-corrected chi connectivity index (χ4v) is 5.34. The lowest BCUT2D eigenvalue weighted by Gasteiger charge is -2.36. The van der Waals surface area contributed by atoms with Crippen LogP contribution in [-0.4, -0.2) is 38.9 Å². The van der Waals surface area contributed by atoms with Crippen LogP contribution in [-0.2, 0) is 10.0 Å². The van der Waals surface area contributed by atoms with E-state index in [1.54, 1.807) is 6.92 Å². The number of nitrogens with zero attached hydrogens (tertiary/aromatic N) is 2. The van der Waals surface area contributed by atoms with Gasteiger partial charge in [-0.1, -0.05) is 17.7 Å². The van der Waals surface area contributed by atoms with Crippen LogP contribution in [0.3, 0.4) is 0 Å². The summed E-state index contributed by atoms with van der Waals surface area (Å²) in [6.07, 6.45) is 0. The molecule has 0 atom stereocenters. The zero-order valence-electron chi connectivity index (χ0n) is 15.1. The van der Waals surface area contributed by atoms with Crippen LogP contribution >= 0.6 is 11.6 Å². The Hall–Kier alpha value is -1.63. The minimum absolute atomic E-state index is 0.134. The lowest BCUT2D eigenvalue weighted by molar-refractivity contribution is 0.384. The van der Waals surface area contributed by atoms with Gasteiger partial charge in [0.15, 0.2) is 0 Å². The van der Waals surface area contributed by atoms with Gasteiger partial charge >= 0.3 is 0 Å². The summed E-state index contributed by atoms with van der Waals surface area (Å²) < 4.78 is 40.6. The van der Waals surface area contributed by atoms with Crippen LogP contribution in [0.1, 0.15) is 16.7 Å². The molecule has 0 aliphatic carbocycles. The van der Waals surface area contributed by atoms with Crippen molar-refractivity contribution in [2.75, 3.05) is 31.1 Å². The summed E-state index contributed by atoms with van der Waals surface area (Å²) in [4.78, 5) is 2.26. The first-order chi connectivity index (χ1) is 12.2. The molecule has 0 spiro atoms. The molecule has 1 heterocycles. The van der Waals surface area contributed by atoms with Crippen LogP contribution in [0, 0.1) is 26.6 Å². The molecule has 0 saturated carbocycles. The fraction of sp³-hybridized carbons (Fsp3) is 0.368. The molecule has 0 radical (unpaired) electrons. The number of rotatable bonds is 3. The van der Waals surface area contributed by atoms with Gasteiger partial charge in [-0.25, -0.2) is 12.8 Å². The van der Waals surface area contributed by atoms with Crippen LogP contribution < -0.4 is 4.90 Å². The quantitative estimate of drug-likeness (QED) is 0.789. The maximum Gasteiger partial charge on any atom is 0.243 e. The van der Waals surface area contributed by atoms with Gasteiger partial charge in [0.05, 0.1) is 15.6 Å². The number of hydrogen-bond acceptors (Lipinski definition) is 3. The third kappa shape index (κ3) is 3.59. The summed E-state index contributed by atoms with van der Waals surface area (Å²) >= 11 is 6.41. The van der Waals surface area contributed by atoms with E-state index in [9.17, 15) is 12.8 Å². The number of benzene rings is 2. The summed E-state index contributed by atoms with van der Waals surface area (Å²) in [6, 6.07) is 7.91. The van der Waals surface area contributed by atoms with Crippen LogP contribution in [0.2, 0.25) is 5.02 Å². The molecule has 1 aliphatic rings. The van der Waals surface area contributed by atoms with E-state index < -0.39 is 15.8 Å². The Kier molecular flexibility index (Phi) is 5.28. The van der Waals surface area contributed by atoms with E-state index in [1.165, 1.54) is 22.5 Å². The molecule has 4 nitrogen and oxygen atoms in total. The van der Waals surface area contributed by atoms with Gasteiger partial charge in [-0.05, 0) is 61.7 Å². The molecule has 0 aromatic heterocycles. The molecule has 1 saturated heterocycles. The third-order valence-corrected chi connectivity index (χ3v) is 6.90. The van der Waals surface area contributed by atoms with Crippen molar-refractivity contribution in [3.8, 4) is 0 Å². The predicted molar refractivity (Wildman–Crippen MR) is 103 cm³/mol. The van der Waals surface area contributed by atoms with E-state index in [0.29, 0.717) is 36.8 Å². The number of sulfonamides is 1. The van der Waals surface area contributed by atoms with E-state index in [2.05, 4.69) is 11.0 Å². The van der Waals surface area contributed by atoms with Gasteiger partial charge in [0.25, 0.3) is 0 Å². The molecule has 1 fully saturated rings. The van der Waals surface area contributed by atoms with Crippen molar-refractivity contribution in [3.63, 3.8) is 0 Å². The molecule has 0 unspecified atom stereocenters. The van der Waals surface area contributed by atoms with Crippen molar-refractivity contribution in [3.05, 3.63) is 57.9 Å². The van der Waals surface area contributed by atoms with Crippen LogP contribution in [0.25, 0.3) is 0 Å². The second-order valence-electron chi connectivity index (χ2n) is 6.71. The van der Waals surface area contributed by atoms with Crippen LogP contribution in [0.4, 0.5) is 10.1 Å². The van der Waals surface area contributed by atoms with Crippen LogP contribution in [0.5, 0.6) is 0 Å². The lowest BCUT2D eigenvalue weighted by atomic mass is 10.1. The minimum atomic E-state index is -3.63. The monoisotopic (exact) mass is 396 g/mol. The highest BCUT2D eigenvalue weighted by molar-refractivity contribution is 7.89. The summed E-state index contributed by atoms with van der Waals surface area (Å²) in [5, 5.41) is 0.688. The lowest BCUT2D eigenvalue weighted by Crippen LogP contribution is -2.49. The van der Waals surface area contributed by atoms with Crippen molar-refractivity contribution >= 4 is 27.3 Å². The van der Waals surface area contributed by atoms with Crippen molar-refractivity contribution in [1.82, 2.24) is 4.31 Å². The Morgan fingerprint density at radius 2 is 1.62 bits per heavy atom. The maximum atomic E-state index is 13.4. The van der Waals surface area contributed by atoms with Gasteiger partial charge in [-0.15, -0.1) is 0 Å². The molecule has 140 valence electrons. The van der Waals surface area contributed by atoms with E-state index in [4.69, 9.17) is 11.6 Å². The minimum Gasteiger partial charge on any atom is -0.367 e.